The van der Waals surface area contributed by atoms with Crippen molar-refractivity contribution in [2.75, 3.05) is 6.54 Å². The van der Waals surface area contributed by atoms with Gasteiger partial charge < -0.3 is 0 Å². The van der Waals surface area contributed by atoms with Crippen LogP contribution in [-0.4, -0.2) is 30.6 Å². The molecule has 1 aliphatic carbocycles. The molecule has 1 saturated carbocycles. The van der Waals surface area contributed by atoms with Gasteiger partial charge in [0.1, 0.15) is 0 Å². The van der Waals surface area contributed by atoms with Crippen molar-refractivity contribution in [1.82, 2.24) is 4.31 Å². The van der Waals surface area contributed by atoms with E-state index in [9.17, 15) is 8.42 Å². The molecule has 1 rings (SSSR count). The van der Waals surface area contributed by atoms with Crippen LogP contribution in [-0.2, 0) is 10.0 Å². The van der Waals surface area contributed by atoms with Crippen LogP contribution in [0.4, 0.5) is 0 Å². The normalized spacial score (nSPS) is 18.5. The minimum atomic E-state index is -3.04. The Morgan fingerprint density at radius 1 is 1.21 bits per heavy atom. The molecule has 0 spiro atoms. The summed E-state index contributed by atoms with van der Waals surface area (Å²) in [6.07, 6.45) is 2.08. The highest BCUT2D eigenvalue weighted by atomic mass is 32.2. The molecule has 0 amide bonds. The molecule has 1 fully saturated rings. The van der Waals surface area contributed by atoms with Gasteiger partial charge in [-0.1, -0.05) is 13.8 Å². The monoisotopic (exact) mass is 219 g/mol. The third kappa shape index (κ3) is 2.70. The lowest BCUT2D eigenvalue weighted by atomic mass is 10.2. The van der Waals surface area contributed by atoms with E-state index < -0.39 is 10.0 Å². The molecule has 84 valence electrons. The third-order valence-electron chi connectivity index (χ3n) is 2.42. The van der Waals surface area contributed by atoms with Crippen LogP contribution in [0.3, 0.4) is 0 Å². The second-order valence-corrected chi connectivity index (χ2v) is 7.23. The van der Waals surface area contributed by atoms with Crippen LogP contribution in [0.5, 0.6) is 0 Å². The molecule has 0 saturated heterocycles. The van der Waals surface area contributed by atoms with Crippen LogP contribution in [0, 0.1) is 5.92 Å². The summed E-state index contributed by atoms with van der Waals surface area (Å²) in [5.74, 6) is 0.407. The average Bonchev–Trinajstić information content (AvgIpc) is 2.81. The first-order chi connectivity index (χ1) is 6.35. The lowest BCUT2D eigenvalue weighted by Gasteiger charge is -2.25. The summed E-state index contributed by atoms with van der Waals surface area (Å²) in [7, 11) is -3.04. The van der Waals surface area contributed by atoms with Gasteiger partial charge in [-0.2, -0.15) is 4.31 Å². The maximum Gasteiger partial charge on any atom is 0.216 e. The first-order valence-electron chi connectivity index (χ1n) is 5.36. The summed E-state index contributed by atoms with van der Waals surface area (Å²) >= 11 is 0. The Balaban J connectivity index is 2.76. The van der Waals surface area contributed by atoms with Crippen LogP contribution in [0.15, 0.2) is 0 Å². The number of hydrogen-bond donors (Lipinski definition) is 0. The minimum absolute atomic E-state index is 0.290. The molecule has 1 aliphatic rings. The highest BCUT2D eigenvalue weighted by Gasteiger charge is 2.38. The maximum atomic E-state index is 12.0. The summed E-state index contributed by atoms with van der Waals surface area (Å²) in [6, 6.07) is 0.296. The van der Waals surface area contributed by atoms with Gasteiger partial charge in [0, 0.05) is 12.6 Å². The molecule has 0 heterocycles. The molecule has 0 aromatic carbocycles. The lowest BCUT2D eigenvalue weighted by molar-refractivity contribution is 0.357. The molecule has 0 atom stereocenters. The summed E-state index contributed by atoms with van der Waals surface area (Å²) in [5, 5.41) is -0.290. The SMILES string of the molecule is CC(C)CN(C1CC1)S(=O)(=O)C(C)C. The Hall–Kier alpha value is -0.0900. The number of hydrogen-bond acceptors (Lipinski definition) is 2. The van der Waals surface area contributed by atoms with E-state index in [1.807, 2.05) is 0 Å². The van der Waals surface area contributed by atoms with Crippen molar-refractivity contribution in [3.05, 3.63) is 0 Å². The van der Waals surface area contributed by atoms with E-state index in [-0.39, 0.29) is 5.25 Å². The van der Waals surface area contributed by atoms with Crippen molar-refractivity contribution in [2.45, 2.75) is 51.8 Å². The first-order valence-corrected chi connectivity index (χ1v) is 6.86. The molecular formula is C10H21NO2S. The van der Waals surface area contributed by atoms with Gasteiger partial charge in [-0.05, 0) is 32.6 Å². The molecule has 3 nitrogen and oxygen atoms in total. The Morgan fingerprint density at radius 2 is 1.71 bits per heavy atom. The van der Waals surface area contributed by atoms with E-state index in [1.165, 1.54) is 0 Å². The van der Waals surface area contributed by atoms with Crippen LogP contribution in [0.25, 0.3) is 0 Å². The summed E-state index contributed by atoms with van der Waals surface area (Å²) in [5.41, 5.74) is 0. The topological polar surface area (TPSA) is 37.4 Å². The minimum Gasteiger partial charge on any atom is -0.212 e. The fraction of sp³-hybridized carbons (Fsp3) is 1.00. The average molecular weight is 219 g/mol. The van der Waals surface area contributed by atoms with E-state index in [2.05, 4.69) is 13.8 Å². The third-order valence-corrected chi connectivity index (χ3v) is 4.71. The second-order valence-electron chi connectivity index (χ2n) is 4.79. The van der Waals surface area contributed by atoms with Gasteiger partial charge in [0.2, 0.25) is 10.0 Å². The van der Waals surface area contributed by atoms with Gasteiger partial charge in [-0.15, -0.1) is 0 Å². The molecular weight excluding hydrogens is 198 g/mol. The van der Waals surface area contributed by atoms with E-state index in [0.717, 1.165) is 12.8 Å². The predicted octanol–water partition coefficient (Wildman–Crippen LogP) is 1.84. The van der Waals surface area contributed by atoms with E-state index in [1.54, 1.807) is 18.2 Å². The number of rotatable bonds is 5. The zero-order chi connectivity index (χ0) is 10.9. The van der Waals surface area contributed by atoms with Crippen molar-refractivity contribution in [2.24, 2.45) is 5.92 Å². The molecule has 0 aromatic heterocycles. The van der Waals surface area contributed by atoms with Gasteiger partial charge in [-0.25, -0.2) is 8.42 Å². The first kappa shape index (κ1) is 12.0. The quantitative estimate of drug-likeness (QED) is 0.707. The van der Waals surface area contributed by atoms with Crippen LogP contribution < -0.4 is 0 Å². The van der Waals surface area contributed by atoms with Crippen LogP contribution in [0.1, 0.15) is 40.5 Å². The highest BCUT2D eigenvalue weighted by Crippen LogP contribution is 2.31. The van der Waals surface area contributed by atoms with Crippen molar-refractivity contribution in [3.63, 3.8) is 0 Å². The van der Waals surface area contributed by atoms with Crippen molar-refractivity contribution in [3.8, 4) is 0 Å². The molecule has 14 heavy (non-hydrogen) atoms. The Kier molecular flexibility index (Phi) is 3.58. The lowest BCUT2D eigenvalue weighted by Crippen LogP contribution is -2.40. The zero-order valence-corrected chi connectivity index (χ0v) is 10.3. The molecule has 0 radical (unpaired) electrons. The van der Waals surface area contributed by atoms with Crippen molar-refractivity contribution >= 4 is 10.0 Å². The largest absolute Gasteiger partial charge is 0.216 e. The molecule has 0 unspecified atom stereocenters. The molecule has 4 heteroatoms. The fourth-order valence-electron chi connectivity index (χ4n) is 1.45. The van der Waals surface area contributed by atoms with Gasteiger partial charge in [0.25, 0.3) is 0 Å². The zero-order valence-electron chi connectivity index (χ0n) is 9.53. The predicted molar refractivity (Wildman–Crippen MR) is 58.6 cm³/mol. The Bertz CT molecular complexity index is 278. The van der Waals surface area contributed by atoms with Gasteiger partial charge >= 0.3 is 0 Å². The van der Waals surface area contributed by atoms with E-state index >= 15 is 0 Å². The van der Waals surface area contributed by atoms with Gasteiger partial charge in [-0.3, -0.25) is 0 Å². The summed E-state index contributed by atoms with van der Waals surface area (Å²) < 4.78 is 25.7. The Morgan fingerprint density at radius 3 is 2.00 bits per heavy atom. The molecule has 0 bridgehead atoms. The van der Waals surface area contributed by atoms with Gasteiger partial charge in [0.15, 0.2) is 0 Å². The number of nitrogens with zero attached hydrogens (tertiary/aromatic N) is 1. The Labute approximate surface area is 87.5 Å². The molecule has 0 N–H and O–H groups in total. The van der Waals surface area contributed by atoms with Crippen molar-refractivity contribution in [1.29, 1.82) is 0 Å². The highest BCUT2D eigenvalue weighted by molar-refractivity contribution is 7.89. The maximum absolute atomic E-state index is 12.0. The van der Waals surface area contributed by atoms with Crippen molar-refractivity contribution < 1.29 is 8.42 Å². The number of sulfonamides is 1. The second kappa shape index (κ2) is 4.19. The molecule has 0 aromatic rings. The van der Waals surface area contributed by atoms with E-state index in [4.69, 9.17) is 0 Å². The van der Waals surface area contributed by atoms with E-state index in [0.29, 0.717) is 18.5 Å². The van der Waals surface area contributed by atoms with Crippen LogP contribution >= 0.6 is 0 Å². The smallest absolute Gasteiger partial charge is 0.212 e. The summed E-state index contributed by atoms with van der Waals surface area (Å²) in [6.45, 7) is 8.30. The standard InChI is InChI=1S/C10H21NO2S/c1-8(2)7-11(10-5-6-10)14(12,13)9(3)4/h8-10H,5-7H2,1-4H3. The summed E-state index contributed by atoms with van der Waals surface area (Å²) in [4.78, 5) is 0. The van der Waals surface area contributed by atoms with Gasteiger partial charge in [0.05, 0.1) is 5.25 Å². The van der Waals surface area contributed by atoms with Crippen LogP contribution in [0.2, 0.25) is 0 Å². The molecule has 0 aliphatic heterocycles. The fourth-order valence-corrected chi connectivity index (χ4v) is 3.13.